The number of ether oxygens (including phenoxy) is 1. The van der Waals surface area contributed by atoms with Gasteiger partial charge in [-0.05, 0) is 66.1 Å². The Morgan fingerprint density at radius 1 is 0.955 bits per heavy atom. The van der Waals surface area contributed by atoms with Crippen LogP contribution in [-0.4, -0.2) is 48.6 Å². The largest absolute Gasteiger partial charge is 0.489 e. The second-order valence-electron chi connectivity index (χ2n) is 11.8. The van der Waals surface area contributed by atoms with E-state index in [1.165, 1.54) is 5.57 Å². The van der Waals surface area contributed by atoms with Crippen molar-refractivity contribution < 1.29 is 18.3 Å². The molecule has 10 heteroatoms. The van der Waals surface area contributed by atoms with Crippen LogP contribution in [0.5, 0.6) is 5.75 Å². The summed E-state index contributed by atoms with van der Waals surface area (Å²) < 4.78 is 33.1. The maximum atomic E-state index is 14.0. The molecule has 2 N–H and O–H groups in total. The Hall–Kier alpha value is -2.68. The van der Waals surface area contributed by atoms with E-state index >= 15 is 0 Å². The van der Waals surface area contributed by atoms with Crippen LogP contribution in [0.4, 0.5) is 8.78 Å². The van der Waals surface area contributed by atoms with Crippen LogP contribution in [0.25, 0.3) is 5.57 Å². The topological polar surface area (TPSA) is 53.6 Å². The molecule has 232 valence electrons. The molecule has 6 rings (SSSR count). The van der Waals surface area contributed by atoms with E-state index < -0.39 is 11.6 Å². The average molecular weight is 661 g/mol. The number of hydrogen-bond acceptors (Lipinski definition) is 4. The van der Waals surface area contributed by atoms with Gasteiger partial charge >= 0.3 is 0 Å². The number of rotatable bonds is 11. The van der Waals surface area contributed by atoms with Crippen molar-refractivity contribution in [2.75, 3.05) is 19.7 Å². The molecule has 3 aliphatic rings. The van der Waals surface area contributed by atoms with Crippen LogP contribution in [0.1, 0.15) is 42.4 Å². The second kappa shape index (κ2) is 13.8. The molecule has 2 aliphatic heterocycles. The first kappa shape index (κ1) is 31.3. The van der Waals surface area contributed by atoms with Crippen molar-refractivity contribution in [1.29, 1.82) is 0 Å². The maximum Gasteiger partial charge on any atom is 0.223 e. The Morgan fingerprint density at radius 3 is 2.50 bits per heavy atom. The monoisotopic (exact) mass is 659 g/mol. The summed E-state index contributed by atoms with van der Waals surface area (Å²) in [4.78, 5) is 15.9. The highest BCUT2D eigenvalue weighted by molar-refractivity contribution is 6.42. The minimum atomic E-state index is -0.712. The summed E-state index contributed by atoms with van der Waals surface area (Å²) in [6, 6.07) is 16.5. The lowest BCUT2D eigenvalue weighted by Crippen LogP contribution is -2.60. The van der Waals surface area contributed by atoms with E-state index in [0.717, 1.165) is 54.8 Å². The summed E-state index contributed by atoms with van der Waals surface area (Å²) in [5, 5.41) is 7.87. The van der Waals surface area contributed by atoms with E-state index in [2.05, 4.69) is 41.0 Å². The van der Waals surface area contributed by atoms with E-state index in [4.69, 9.17) is 39.5 Å². The van der Waals surface area contributed by atoms with Crippen molar-refractivity contribution in [2.45, 2.75) is 56.8 Å². The number of halogens is 5. The summed E-state index contributed by atoms with van der Waals surface area (Å²) in [6.07, 6.45) is 5.97. The van der Waals surface area contributed by atoms with E-state index in [1.54, 1.807) is 6.07 Å². The van der Waals surface area contributed by atoms with Gasteiger partial charge in [0, 0.05) is 50.1 Å². The molecule has 3 aromatic rings. The Morgan fingerprint density at radius 2 is 1.73 bits per heavy atom. The lowest BCUT2D eigenvalue weighted by Gasteiger charge is -2.42. The number of carbonyl (C=O) groups is 1. The molecular formula is C34H34Cl3F2N3O2. The normalized spacial score (nSPS) is 21.1. The van der Waals surface area contributed by atoms with E-state index in [-0.39, 0.29) is 47.3 Å². The number of nitrogens with one attached hydrogen (secondary N) is 2. The summed E-state index contributed by atoms with van der Waals surface area (Å²) in [7, 11) is 0. The third-order valence-electron chi connectivity index (χ3n) is 8.64. The highest BCUT2D eigenvalue weighted by Crippen LogP contribution is 2.38. The molecule has 0 aromatic heterocycles. The smallest absolute Gasteiger partial charge is 0.223 e. The summed E-state index contributed by atoms with van der Waals surface area (Å²) in [5.41, 5.74) is 4.26. The number of nitrogens with zero attached hydrogens (tertiary/aromatic N) is 1. The fraction of sp³-hybridized carbons (Fsp3) is 0.382. The average Bonchev–Trinajstić information content (AvgIpc) is 3.87. The molecule has 2 heterocycles. The molecule has 1 amide bonds. The fourth-order valence-electron chi connectivity index (χ4n) is 6.19. The first-order valence-corrected chi connectivity index (χ1v) is 16.2. The molecule has 0 unspecified atom stereocenters. The van der Waals surface area contributed by atoms with Crippen LogP contribution in [0.15, 0.2) is 60.7 Å². The van der Waals surface area contributed by atoms with Crippen molar-refractivity contribution in [3.8, 4) is 5.75 Å². The van der Waals surface area contributed by atoms with Gasteiger partial charge in [-0.2, -0.15) is 0 Å². The molecule has 0 spiro atoms. The Labute approximate surface area is 271 Å². The predicted molar refractivity (Wildman–Crippen MR) is 171 cm³/mol. The van der Waals surface area contributed by atoms with Gasteiger partial charge in [-0.25, -0.2) is 8.78 Å². The van der Waals surface area contributed by atoms with Gasteiger partial charge in [-0.3, -0.25) is 4.79 Å². The summed E-state index contributed by atoms with van der Waals surface area (Å²) in [5.74, 6) is -1.52. The van der Waals surface area contributed by atoms with Crippen LogP contribution in [0.2, 0.25) is 15.1 Å². The van der Waals surface area contributed by atoms with Crippen LogP contribution in [0.3, 0.4) is 0 Å². The van der Waals surface area contributed by atoms with Gasteiger partial charge < -0.3 is 20.3 Å². The van der Waals surface area contributed by atoms with E-state index in [0.29, 0.717) is 35.9 Å². The van der Waals surface area contributed by atoms with Gasteiger partial charge in [0.2, 0.25) is 5.91 Å². The minimum absolute atomic E-state index is 0.00722. The Balaban J connectivity index is 1.13. The molecule has 0 radical (unpaired) electrons. The minimum Gasteiger partial charge on any atom is -0.489 e. The molecule has 2 bridgehead atoms. The highest BCUT2D eigenvalue weighted by atomic mass is 35.5. The van der Waals surface area contributed by atoms with Gasteiger partial charge in [-0.1, -0.05) is 77.3 Å². The number of piperazine rings is 1. The lowest BCUT2D eigenvalue weighted by molar-refractivity contribution is -0.133. The Bertz CT molecular complexity index is 1550. The molecule has 44 heavy (non-hydrogen) atoms. The molecule has 3 atom stereocenters. The van der Waals surface area contributed by atoms with Crippen LogP contribution in [-0.2, 0) is 17.8 Å². The Kier molecular flexibility index (Phi) is 9.79. The first-order chi connectivity index (χ1) is 21.3. The zero-order chi connectivity index (χ0) is 30.8. The molecular weight excluding hydrogens is 627 g/mol. The number of aryl methyl sites for hydroxylation is 1. The van der Waals surface area contributed by atoms with Crippen molar-refractivity contribution >= 4 is 46.3 Å². The number of hydrogen-bond donors (Lipinski definition) is 2. The third kappa shape index (κ3) is 7.08. The van der Waals surface area contributed by atoms with Crippen LogP contribution < -0.4 is 15.4 Å². The van der Waals surface area contributed by atoms with Crippen molar-refractivity contribution in [3.05, 3.63) is 104 Å². The van der Waals surface area contributed by atoms with Gasteiger partial charge in [-0.15, -0.1) is 0 Å². The quantitative estimate of drug-likeness (QED) is 0.166. The van der Waals surface area contributed by atoms with Gasteiger partial charge in [0.25, 0.3) is 0 Å². The molecule has 2 fully saturated rings. The standard InChI is InChI=1S/C34H34Cl3F2N3O2/c35-27-5-1-4-22(32(27)36)19-42(24-10-11-24)31(43)16-26-25(15-23-17-40-18-30(26)41-23)21-8-6-20(7-9-21)3-2-14-44-34-29(39)13-12-28(38)33(34)37/h1,4-9,12-13,15,23-24,26,30,40-41H,2-3,10-11,14,16-19H2/t23-,26-,30-/m1/s1. The van der Waals surface area contributed by atoms with E-state index in [1.807, 2.05) is 17.0 Å². The zero-order valence-electron chi connectivity index (χ0n) is 24.1. The zero-order valence-corrected chi connectivity index (χ0v) is 26.4. The lowest BCUT2D eigenvalue weighted by atomic mass is 9.78. The van der Waals surface area contributed by atoms with Crippen molar-refractivity contribution in [1.82, 2.24) is 15.5 Å². The third-order valence-corrected chi connectivity index (χ3v) is 9.85. The molecule has 1 saturated heterocycles. The second-order valence-corrected chi connectivity index (χ2v) is 12.9. The van der Waals surface area contributed by atoms with Crippen molar-refractivity contribution in [3.63, 3.8) is 0 Å². The van der Waals surface area contributed by atoms with Crippen LogP contribution >= 0.6 is 34.8 Å². The van der Waals surface area contributed by atoms with Crippen LogP contribution in [0, 0.1) is 17.6 Å². The predicted octanol–water partition coefficient (Wildman–Crippen LogP) is 7.46. The van der Waals surface area contributed by atoms with Gasteiger partial charge in [0.15, 0.2) is 11.6 Å². The first-order valence-electron chi connectivity index (χ1n) is 15.0. The number of fused-ring (bicyclic) bond motifs is 2. The van der Waals surface area contributed by atoms with Gasteiger partial charge in [0.1, 0.15) is 10.8 Å². The highest BCUT2D eigenvalue weighted by Gasteiger charge is 2.39. The van der Waals surface area contributed by atoms with E-state index in [9.17, 15) is 13.6 Å². The molecule has 3 aromatic carbocycles. The number of carbonyl (C=O) groups excluding carboxylic acids is 1. The summed E-state index contributed by atoms with van der Waals surface area (Å²) >= 11 is 18.6. The van der Waals surface area contributed by atoms with Crippen molar-refractivity contribution in [2.24, 2.45) is 5.92 Å². The van der Waals surface area contributed by atoms with Gasteiger partial charge in [0.05, 0.1) is 16.7 Å². The molecule has 1 aliphatic carbocycles. The number of amides is 1. The summed E-state index contributed by atoms with van der Waals surface area (Å²) in [6.45, 7) is 2.29. The SMILES string of the molecule is O=C(C[C@@H]1C(c2ccc(CCCOc3c(F)ccc(F)c3Cl)cc2)=C[C@@H]2CNC[C@H]1N2)N(Cc1cccc(Cl)c1Cl)C1CC1. The fourth-order valence-corrected chi connectivity index (χ4v) is 6.78. The maximum absolute atomic E-state index is 14.0. The molecule has 1 saturated carbocycles. The number of benzene rings is 3. The molecule has 5 nitrogen and oxygen atoms in total.